The van der Waals surface area contributed by atoms with Crippen LogP contribution in [0.5, 0.6) is 0 Å². The van der Waals surface area contributed by atoms with Crippen LogP contribution in [0, 0.1) is 46.3 Å². The van der Waals surface area contributed by atoms with Gasteiger partial charge in [0, 0.05) is 12.8 Å². The molecule has 166 valence electrons. The van der Waals surface area contributed by atoms with E-state index in [1.807, 2.05) is 0 Å². The van der Waals surface area contributed by atoms with Gasteiger partial charge in [0.15, 0.2) is 5.79 Å². The van der Waals surface area contributed by atoms with E-state index in [0.717, 1.165) is 25.7 Å². The lowest BCUT2D eigenvalue weighted by Gasteiger charge is -2.62. The van der Waals surface area contributed by atoms with E-state index in [-0.39, 0.29) is 17.8 Å². The summed E-state index contributed by atoms with van der Waals surface area (Å²) in [6, 6.07) is 0. The molecular weight excluding hydrogens is 368 g/mol. The first-order valence-corrected chi connectivity index (χ1v) is 11.8. The van der Waals surface area contributed by atoms with Crippen molar-refractivity contribution in [1.29, 1.82) is 0 Å². The van der Waals surface area contributed by atoms with Crippen LogP contribution in [0.4, 0.5) is 0 Å². The molecule has 0 heterocycles. The van der Waals surface area contributed by atoms with Crippen LogP contribution in [-0.4, -0.2) is 38.3 Å². The van der Waals surface area contributed by atoms with Crippen molar-refractivity contribution in [3.8, 4) is 0 Å². The predicted octanol–water partition coefficient (Wildman–Crippen LogP) is 3.80. The van der Waals surface area contributed by atoms with Crippen LogP contribution in [0.25, 0.3) is 0 Å². The molecule has 4 saturated carbocycles. The number of hydrogen-bond donors (Lipinski definition) is 4. The van der Waals surface area contributed by atoms with Crippen LogP contribution in [0.2, 0.25) is 0 Å². The second-order valence-electron chi connectivity index (χ2n) is 11.6. The third-order valence-electron chi connectivity index (χ3n) is 10.4. The van der Waals surface area contributed by atoms with Gasteiger partial charge in [0.1, 0.15) is 6.10 Å². The van der Waals surface area contributed by atoms with Gasteiger partial charge in [0.25, 0.3) is 0 Å². The molecular formula is C24H40O5. The predicted molar refractivity (Wildman–Crippen MR) is 110 cm³/mol. The number of fused-ring (bicyclic) bond motifs is 5. The molecule has 4 N–H and O–H groups in total. The van der Waals surface area contributed by atoms with Crippen LogP contribution in [0.1, 0.15) is 85.0 Å². The molecule has 0 bridgehead atoms. The number of aliphatic hydroxyl groups excluding tert-OH is 1. The molecule has 0 aromatic heterocycles. The van der Waals surface area contributed by atoms with Crippen LogP contribution < -0.4 is 0 Å². The van der Waals surface area contributed by atoms with Gasteiger partial charge in [-0.2, -0.15) is 0 Å². The standard InChI is InChI=1S/C24H40O5/c1-14(4-9-21(26)27)17-7-8-18-16-6-5-15-12-24(28,29)20(25)13-23(15,3)19(16)10-11-22(17,18)2/h14-20,25,28-29H,4-13H2,1-3H3,(H,26,27)/t14-,15?,16+,17-,18+,19+,20?,22-,23+/m1/s1. The van der Waals surface area contributed by atoms with E-state index in [0.29, 0.717) is 47.8 Å². The van der Waals surface area contributed by atoms with Crippen molar-refractivity contribution in [2.45, 2.75) is 96.9 Å². The van der Waals surface area contributed by atoms with Gasteiger partial charge in [0.05, 0.1) is 0 Å². The van der Waals surface area contributed by atoms with Crippen LogP contribution >= 0.6 is 0 Å². The van der Waals surface area contributed by atoms with Crippen molar-refractivity contribution in [3.63, 3.8) is 0 Å². The molecule has 9 atom stereocenters. The van der Waals surface area contributed by atoms with Gasteiger partial charge in [-0.3, -0.25) is 4.79 Å². The third-order valence-corrected chi connectivity index (χ3v) is 10.4. The maximum absolute atomic E-state index is 11.1. The quantitative estimate of drug-likeness (QED) is 0.531. The summed E-state index contributed by atoms with van der Waals surface area (Å²) in [4.78, 5) is 11.1. The Balaban J connectivity index is 1.53. The molecule has 0 amide bonds. The SMILES string of the molecule is C[C@H](CCC(=O)O)[C@H]1CC[C@H]2[C@@H]3CCC4CC(O)(O)C(O)C[C@]4(C)[C@H]3CC[C@]12C. The minimum Gasteiger partial charge on any atom is -0.481 e. The van der Waals surface area contributed by atoms with Crippen LogP contribution in [0.15, 0.2) is 0 Å². The number of aliphatic hydroxyl groups is 3. The van der Waals surface area contributed by atoms with Gasteiger partial charge in [-0.05, 0) is 97.7 Å². The lowest BCUT2D eigenvalue weighted by Crippen LogP contribution is -2.60. The molecule has 0 radical (unpaired) electrons. The zero-order valence-corrected chi connectivity index (χ0v) is 18.3. The maximum Gasteiger partial charge on any atom is 0.303 e. The number of aliphatic carboxylic acids is 1. The van der Waals surface area contributed by atoms with Gasteiger partial charge in [-0.15, -0.1) is 0 Å². The average molecular weight is 409 g/mol. The fraction of sp³-hybridized carbons (Fsp3) is 0.958. The Morgan fingerprint density at radius 3 is 2.38 bits per heavy atom. The number of carboxylic acid groups (broad SMARTS) is 1. The summed E-state index contributed by atoms with van der Waals surface area (Å²) in [7, 11) is 0. The molecule has 0 aromatic carbocycles. The van der Waals surface area contributed by atoms with Gasteiger partial charge in [0.2, 0.25) is 0 Å². The van der Waals surface area contributed by atoms with E-state index in [2.05, 4.69) is 20.8 Å². The second kappa shape index (κ2) is 7.20. The second-order valence-corrected chi connectivity index (χ2v) is 11.6. The summed E-state index contributed by atoms with van der Waals surface area (Å²) >= 11 is 0. The zero-order chi connectivity index (χ0) is 21.2. The van der Waals surface area contributed by atoms with Gasteiger partial charge in [-0.1, -0.05) is 20.8 Å². The molecule has 0 saturated heterocycles. The molecule has 4 aliphatic rings. The Morgan fingerprint density at radius 1 is 1.00 bits per heavy atom. The summed E-state index contributed by atoms with van der Waals surface area (Å²) in [5.41, 5.74) is 0.291. The molecule has 29 heavy (non-hydrogen) atoms. The van der Waals surface area contributed by atoms with Crippen molar-refractivity contribution in [2.24, 2.45) is 46.3 Å². The summed E-state index contributed by atoms with van der Waals surface area (Å²) in [6.07, 6.45) is 7.76. The molecule has 4 rings (SSSR count). The smallest absolute Gasteiger partial charge is 0.303 e. The molecule has 0 aromatic rings. The summed E-state index contributed by atoms with van der Waals surface area (Å²) in [5.74, 6) is 0.607. The lowest BCUT2D eigenvalue weighted by atomic mass is 9.44. The zero-order valence-electron chi connectivity index (χ0n) is 18.3. The van der Waals surface area contributed by atoms with E-state index >= 15 is 0 Å². The van der Waals surface area contributed by atoms with E-state index in [1.54, 1.807) is 0 Å². The fourth-order valence-corrected chi connectivity index (χ4v) is 8.79. The number of rotatable bonds is 4. The van der Waals surface area contributed by atoms with E-state index in [9.17, 15) is 20.1 Å². The molecule has 4 fully saturated rings. The van der Waals surface area contributed by atoms with Gasteiger partial charge < -0.3 is 20.4 Å². The highest BCUT2D eigenvalue weighted by atomic mass is 16.5. The first kappa shape index (κ1) is 21.6. The van der Waals surface area contributed by atoms with Crippen molar-refractivity contribution < 1.29 is 25.2 Å². The number of hydrogen-bond acceptors (Lipinski definition) is 4. The molecule has 0 spiro atoms. The molecule has 5 nitrogen and oxygen atoms in total. The Hall–Kier alpha value is -0.650. The van der Waals surface area contributed by atoms with Gasteiger partial charge >= 0.3 is 5.97 Å². The summed E-state index contributed by atoms with van der Waals surface area (Å²) in [5, 5.41) is 40.0. The van der Waals surface area contributed by atoms with E-state index < -0.39 is 17.9 Å². The Morgan fingerprint density at radius 2 is 1.69 bits per heavy atom. The largest absolute Gasteiger partial charge is 0.481 e. The van der Waals surface area contributed by atoms with Crippen molar-refractivity contribution >= 4 is 5.97 Å². The Labute approximate surface area is 174 Å². The monoisotopic (exact) mass is 408 g/mol. The third kappa shape index (κ3) is 3.36. The molecule has 2 unspecified atom stereocenters. The van der Waals surface area contributed by atoms with Crippen molar-refractivity contribution in [1.82, 2.24) is 0 Å². The highest BCUT2D eigenvalue weighted by Crippen LogP contribution is 2.68. The van der Waals surface area contributed by atoms with Crippen molar-refractivity contribution in [3.05, 3.63) is 0 Å². The van der Waals surface area contributed by atoms with Gasteiger partial charge in [-0.25, -0.2) is 0 Å². The van der Waals surface area contributed by atoms with Crippen LogP contribution in [-0.2, 0) is 4.79 Å². The number of carbonyl (C=O) groups is 1. The lowest BCUT2D eigenvalue weighted by molar-refractivity contribution is -0.284. The maximum atomic E-state index is 11.1. The fourth-order valence-electron chi connectivity index (χ4n) is 8.79. The van der Waals surface area contributed by atoms with E-state index in [4.69, 9.17) is 5.11 Å². The van der Waals surface area contributed by atoms with Crippen molar-refractivity contribution in [2.75, 3.05) is 0 Å². The average Bonchev–Trinajstić information content (AvgIpc) is 2.98. The summed E-state index contributed by atoms with van der Waals surface area (Å²) in [6.45, 7) is 7.03. The Bertz CT molecular complexity index is 647. The Kier molecular flexibility index (Phi) is 5.36. The highest BCUT2D eigenvalue weighted by Gasteiger charge is 2.63. The summed E-state index contributed by atoms with van der Waals surface area (Å²) < 4.78 is 0. The first-order valence-electron chi connectivity index (χ1n) is 11.8. The minimum absolute atomic E-state index is 0.00830. The highest BCUT2D eigenvalue weighted by molar-refractivity contribution is 5.66. The molecule has 4 aliphatic carbocycles. The minimum atomic E-state index is -1.93. The normalized spacial score (nSPS) is 49.6. The van der Waals surface area contributed by atoms with Crippen LogP contribution in [0.3, 0.4) is 0 Å². The molecule has 5 heteroatoms. The first-order chi connectivity index (χ1) is 13.5. The van der Waals surface area contributed by atoms with E-state index in [1.165, 1.54) is 19.3 Å². The topological polar surface area (TPSA) is 98.0 Å². The number of carboxylic acids is 1. The molecule has 0 aliphatic heterocycles.